The zero-order chi connectivity index (χ0) is 13.5. The first kappa shape index (κ1) is 20.4. The standard InChI is InChI=1S/C9H22N3.C5H5.Zr/c1-8-9(10(2)3,11(4)5)12(6)7;1-2-4-5-3-1;/h1,8H2,2-7H3;1-5H;/q2*-1;+2. The minimum atomic E-state index is -0.0694. The number of hydrogen-bond acceptors (Lipinski definition) is 3. The van der Waals surface area contributed by atoms with Crippen molar-refractivity contribution in [1.82, 2.24) is 14.7 Å². The molecular weight excluding hydrogens is 301 g/mol. The Hall–Kier alpha value is 0.113. The van der Waals surface area contributed by atoms with E-state index in [-0.39, 0.29) is 32.0 Å². The molecule has 1 aromatic carbocycles. The van der Waals surface area contributed by atoms with Crippen LogP contribution >= 0.6 is 0 Å². The van der Waals surface area contributed by atoms with E-state index in [2.05, 4.69) is 63.9 Å². The van der Waals surface area contributed by atoms with Crippen LogP contribution in [0, 0.1) is 6.92 Å². The Balaban J connectivity index is 0. The molecule has 0 aliphatic heterocycles. The predicted molar refractivity (Wildman–Crippen MR) is 75.8 cm³/mol. The maximum Gasteiger partial charge on any atom is 2.00 e. The minimum Gasteiger partial charge on any atom is -0.339 e. The van der Waals surface area contributed by atoms with Crippen LogP contribution in [-0.4, -0.2) is 62.8 Å². The summed E-state index contributed by atoms with van der Waals surface area (Å²) in [5, 5.41) is 0. The summed E-state index contributed by atoms with van der Waals surface area (Å²) in [5.74, 6) is -0.0694. The van der Waals surface area contributed by atoms with Gasteiger partial charge in [0.1, 0.15) is 5.79 Å². The monoisotopic (exact) mass is 327 g/mol. The molecule has 0 radical (unpaired) electrons. The second-order valence-electron chi connectivity index (χ2n) is 4.67. The second kappa shape index (κ2) is 9.97. The molecular formula is C14H27N3Zr. The fraction of sp³-hybridized carbons (Fsp3) is 0.571. The summed E-state index contributed by atoms with van der Waals surface area (Å²) in [6.07, 6.45) is 0.833. The zero-order valence-electron chi connectivity index (χ0n) is 12.6. The van der Waals surface area contributed by atoms with E-state index in [1.807, 2.05) is 30.3 Å². The maximum absolute atomic E-state index is 4.00. The second-order valence-corrected chi connectivity index (χ2v) is 4.67. The van der Waals surface area contributed by atoms with E-state index in [0.29, 0.717) is 0 Å². The molecule has 1 rings (SSSR count). The topological polar surface area (TPSA) is 9.72 Å². The molecule has 4 heteroatoms. The van der Waals surface area contributed by atoms with E-state index < -0.39 is 0 Å². The molecule has 0 saturated heterocycles. The Morgan fingerprint density at radius 2 is 1.22 bits per heavy atom. The molecule has 0 spiro atoms. The van der Waals surface area contributed by atoms with Gasteiger partial charge >= 0.3 is 26.2 Å². The van der Waals surface area contributed by atoms with Crippen LogP contribution in [0.15, 0.2) is 30.3 Å². The van der Waals surface area contributed by atoms with E-state index in [1.54, 1.807) is 0 Å². The summed E-state index contributed by atoms with van der Waals surface area (Å²) in [6.45, 7) is 4.00. The molecule has 18 heavy (non-hydrogen) atoms. The third kappa shape index (κ3) is 5.40. The normalized spacial score (nSPS) is 11.2. The van der Waals surface area contributed by atoms with E-state index in [4.69, 9.17) is 0 Å². The first-order chi connectivity index (χ1) is 7.89. The molecule has 0 saturated carbocycles. The number of rotatable bonds is 4. The quantitative estimate of drug-likeness (QED) is 0.618. The smallest absolute Gasteiger partial charge is 0.339 e. The Morgan fingerprint density at radius 1 is 0.889 bits per heavy atom. The third-order valence-electron chi connectivity index (χ3n) is 3.04. The van der Waals surface area contributed by atoms with Crippen LogP contribution in [0.5, 0.6) is 0 Å². The Morgan fingerprint density at radius 3 is 1.28 bits per heavy atom. The van der Waals surface area contributed by atoms with Crippen molar-refractivity contribution >= 4 is 0 Å². The molecule has 0 aliphatic rings. The maximum atomic E-state index is 4.00. The molecule has 0 N–H and O–H groups in total. The van der Waals surface area contributed by atoms with Crippen molar-refractivity contribution in [3.05, 3.63) is 37.3 Å². The van der Waals surface area contributed by atoms with Gasteiger partial charge in [0.05, 0.1) is 0 Å². The average molecular weight is 329 g/mol. The predicted octanol–water partition coefficient (Wildman–Crippen LogP) is 1.95. The van der Waals surface area contributed by atoms with Crippen molar-refractivity contribution in [2.45, 2.75) is 12.2 Å². The molecule has 0 aliphatic carbocycles. The van der Waals surface area contributed by atoms with Crippen LogP contribution in [-0.2, 0) is 26.2 Å². The first-order valence-electron chi connectivity index (χ1n) is 5.87. The van der Waals surface area contributed by atoms with Crippen molar-refractivity contribution < 1.29 is 26.2 Å². The summed E-state index contributed by atoms with van der Waals surface area (Å²) in [4.78, 5) is 6.54. The molecule has 0 unspecified atom stereocenters. The van der Waals surface area contributed by atoms with Crippen molar-refractivity contribution in [2.75, 3.05) is 42.3 Å². The molecule has 102 valence electrons. The molecule has 0 fully saturated rings. The Bertz CT molecular complexity index is 230. The van der Waals surface area contributed by atoms with Gasteiger partial charge in [0.25, 0.3) is 0 Å². The summed E-state index contributed by atoms with van der Waals surface area (Å²) < 4.78 is 0. The van der Waals surface area contributed by atoms with Crippen LogP contribution in [0.25, 0.3) is 0 Å². The van der Waals surface area contributed by atoms with Crippen molar-refractivity contribution in [2.24, 2.45) is 0 Å². The van der Waals surface area contributed by atoms with Gasteiger partial charge in [-0.3, -0.25) is 14.7 Å². The van der Waals surface area contributed by atoms with Gasteiger partial charge in [-0.25, -0.2) is 12.1 Å². The van der Waals surface area contributed by atoms with Gasteiger partial charge in [0.15, 0.2) is 0 Å². The molecule has 3 nitrogen and oxygen atoms in total. The fourth-order valence-electron chi connectivity index (χ4n) is 2.19. The van der Waals surface area contributed by atoms with Crippen LogP contribution < -0.4 is 0 Å². The summed E-state index contributed by atoms with van der Waals surface area (Å²) in [6, 6.07) is 10.0. The summed E-state index contributed by atoms with van der Waals surface area (Å²) >= 11 is 0. The van der Waals surface area contributed by atoms with Crippen LogP contribution in [0.3, 0.4) is 0 Å². The Labute approximate surface area is 132 Å². The molecule has 0 heterocycles. The zero-order valence-corrected chi connectivity index (χ0v) is 15.1. The van der Waals surface area contributed by atoms with Gasteiger partial charge < -0.3 is 6.92 Å². The van der Waals surface area contributed by atoms with E-state index in [9.17, 15) is 0 Å². The van der Waals surface area contributed by atoms with Gasteiger partial charge in [0, 0.05) is 0 Å². The van der Waals surface area contributed by atoms with Crippen molar-refractivity contribution in [1.29, 1.82) is 0 Å². The van der Waals surface area contributed by atoms with Gasteiger partial charge in [-0.1, -0.05) is 0 Å². The molecule has 0 amide bonds. The molecule has 0 bridgehead atoms. The van der Waals surface area contributed by atoms with E-state index >= 15 is 0 Å². The number of nitrogens with zero attached hydrogens (tertiary/aromatic N) is 3. The van der Waals surface area contributed by atoms with Crippen LogP contribution in [0.2, 0.25) is 0 Å². The van der Waals surface area contributed by atoms with Crippen molar-refractivity contribution in [3.8, 4) is 0 Å². The van der Waals surface area contributed by atoms with Gasteiger partial charge in [0.2, 0.25) is 0 Å². The third-order valence-corrected chi connectivity index (χ3v) is 3.04. The van der Waals surface area contributed by atoms with Crippen molar-refractivity contribution in [3.63, 3.8) is 0 Å². The van der Waals surface area contributed by atoms with Crippen LogP contribution in [0.1, 0.15) is 6.42 Å². The van der Waals surface area contributed by atoms with Gasteiger partial charge in [-0.15, -0.1) is 6.42 Å². The largest absolute Gasteiger partial charge is 2.00 e. The van der Waals surface area contributed by atoms with Gasteiger partial charge in [-0.2, -0.15) is 18.2 Å². The molecule has 1 aromatic rings. The minimum absolute atomic E-state index is 0. The average Bonchev–Trinajstić information content (AvgIpc) is 2.74. The van der Waals surface area contributed by atoms with E-state index in [0.717, 1.165) is 6.42 Å². The van der Waals surface area contributed by atoms with Gasteiger partial charge in [-0.05, 0) is 42.3 Å². The van der Waals surface area contributed by atoms with E-state index in [1.165, 1.54) is 0 Å². The number of hydrogen-bond donors (Lipinski definition) is 0. The van der Waals surface area contributed by atoms with Crippen LogP contribution in [0.4, 0.5) is 0 Å². The first-order valence-corrected chi connectivity index (χ1v) is 5.87. The summed E-state index contributed by atoms with van der Waals surface area (Å²) in [7, 11) is 12.4. The fourth-order valence-corrected chi connectivity index (χ4v) is 2.19. The SMILES string of the molecule is [CH2-]CC(N(C)C)(N(C)C)N(C)C.[Zr+2].c1cc[cH-]c1. The molecule has 0 aromatic heterocycles. The Kier molecular flexibility index (Phi) is 11.3. The summed E-state index contributed by atoms with van der Waals surface area (Å²) in [5.41, 5.74) is 0. The molecule has 0 atom stereocenters.